The first-order valence-electron chi connectivity index (χ1n) is 34.8. The summed E-state index contributed by atoms with van der Waals surface area (Å²) in [6.07, 6.45) is 33.9. The van der Waals surface area contributed by atoms with Gasteiger partial charge in [-0.3, -0.25) is 9.69 Å². The van der Waals surface area contributed by atoms with Gasteiger partial charge in [-0.2, -0.15) is 0 Å². The van der Waals surface area contributed by atoms with E-state index in [0.29, 0.717) is 102 Å². The summed E-state index contributed by atoms with van der Waals surface area (Å²) in [5.74, 6) is 14.6. The topological polar surface area (TPSA) is 105 Å². The Morgan fingerprint density at radius 2 is 1.65 bits per heavy atom. The van der Waals surface area contributed by atoms with Gasteiger partial charge in [0.15, 0.2) is 11.4 Å². The molecule has 1 aromatic rings. The molecule has 1 aromatic carbocycles. The zero-order valence-electron chi connectivity index (χ0n) is 49.5. The smallest absolute Gasteiger partial charge is 0.339 e. The number of carbonyl (C=O) groups is 2. The van der Waals surface area contributed by atoms with Crippen LogP contribution in [-0.2, 0) is 32.7 Å². The van der Waals surface area contributed by atoms with Crippen molar-refractivity contribution in [2.24, 2.45) is 110 Å². The Balaban J connectivity index is 0.919. The van der Waals surface area contributed by atoms with Gasteiger partial charge in [0.25, 0.3) is 0 Å². The SMILES string of the molecule is CC1CC2=C3C4C5=C6C7CC14CC1CSSCC4CCCCC4C(C=C17)CC1C64C(=O)OC6=C(O)C7C(C#CCc8ccc(CCCN)c9c8C1(OC9=O)C64CC5)CC1C4CC(CN1C7C1CC5(CCCC5)C5(CCCC5)C1)C(CC2)N3C4. The average molecular weight is 1150 g/mol. The van der Waals surface area contributed by atoms with Gasteiger partial charge < -0.3 is 25.2 Å². The van der Waals surface area contributed by atoms with Crippen LogP contribution in [0.2, 0.25) is 0 Å². The van der Waals surface area contributed by atoms with E-state index >= 15 is 9.59 Å². The molecule has 6 saturated carbocycles. The Bertz CT molecular complexity index is 3290. The number of piperidine rings is 3. The van der Waals surface area contributed by atoms with Gasteiger partial charge >= 0.3 is 11.9 Å². The van der Waals surface area contributed by atoms with Crippen LogP contribution in [0.25, 0.3) is 0 Å². The summed E-state index contributed by atoms with van der Waals surface area (Å²) < 4.78 is 15.6. The minimum atomic E-state index is -1.21. The van der Waals surface area contributed by atoms with E-state index in [1.54, 1.807) is 22.4 Å². The summed E-state index contributed by atoms with van der Waals surface area (Å²) in [7, 11) is 4.37. The maximum absolute atomic E-state index is 17.5. The number of allylic oxidation sites excluding steroid dienone is 4. The highest BCUT2D eigenvalue weighted by atomic mass is 33.1. The third-order valence-electron chi connectivity index (χ3n) is 30.5. The monoisotopic (exact) mass is 1150 g/mol. The zero-order valence-corrected chi connectivity index (χ0v) is 51.1. The van der Waals surface area contributed by atoms with Gasteiger partial charge in [-0.05, 0) is 215 Å². The summed E-state index contributed by atoms with van der Waals surface area (Å²) in [6, 6.07) is 5.56. The van der Waals surface area contributed by atoms with E-state index in [1.807, 2.05) is 0 Å². The van der Waals surface area contributed by atoms with Crippen LogP contribution in [0.4, 0.5) is 0 Å². The number of hydrogen-bond donors (Lipinski definition) is 2. The van der Waals surface area contributed by atoms with Crippen LogP contribution < -0.4 is 5.73 Å². The molecule has 19 rings (SSSR count). The van der Waals surface area contributed by atoms with Gasteiger partial charge in [-0.15, -0.1) is 0 Å². The number of nitrogens with two attached hydrogens (primary N) is 1. The van der Waals surface area contributed by atoms with Gasteiger partial charge in [-0.25, -0.2) is 4.79 Å². The number of hydrogen-bond acceptors (Lipinski definition) is 10. The zero-order chi connectivity index (χ0) is 54.9. The Labute approximate surface area is 501 Å². The quantitative estimate of drug-likeness (QED) is 0.131. The predicted octanol–water partition coefficient (Wildman–Crippen LogP) is 13.9. The molecule has 11 aliphatic carbocycles. The highest BCUT2D eigenvalue weighted by Crippen LogP contribution is 2.90. The molecule has 7 aliphatic heterocycles. The fourth-order valence-electron chi connectivity index (χ4n) is 28.2. The summed E-state index contributed by atoms with van der Waals surface area (Å²) in [4.78, 5) is 39.8. The molecule has 4 saturated heterocycles. The Morgan fingerprint density at radius 3 is 2.48 bits per heavy atom. The van der Waals surface area contributed by atoms with Crippen LogP contribution in [0.5, 0.6) is 0 Å². The fourth-order valence-corrected chi connectivity index (χ4v) is 31.0. The molecule has 83 heavy (non-hydrogen) atoms. The van der Waals surface area contributed by atoms with E-state index in [4.69, 9.17) is 15.2 Å². The Morgan fingerprint density at radius 1 is 0.843 bits per heavy atom. The normalized spacial score (nSPS) is 48.1. The van der Waals surface area contributed by atoms with Crippen molar-refractivity contribution >= 4 is 33.5 Å². The molecule has 8 nitrogen and oxygen atoms in total. The summed E-state index contributed by atoms with van der Waals surface area (Å²) >= 11 is 0. The van der Waals surface area contributed by atoms with Gasteiger partial charge in [0.05, 0.1) is 11.0 Å². The first kappa shape index (κ1) is 50.9. The molecule has 0 radical (unpaired) electrons. The molecule has 18 aliphatic rings. The molecule has 7 heterocycles. The third-order valence-corrected chi connectivity index (χ3v) is 33.1. The van der Waals surface area contributed by atoms with Crippen LogP contribution in [0, 0.1) is 116 Å². The molecule has 0 aromatic heterocycles. The molecule has 438 valence electrons. The number of ether oxygens (including phenoxy) is 2. The number of carbonyl (C=O) groups excluding carboxylic acids is 2. The van der Waals surface area contributed by atoms with E-state index in [0.717, 1.165) is 73.2 Å². The van der Waals surface area contributed by atoms with Crippen LogP contribution in [-0.4, -0.2) is 76.1 Å². The van der Waals surface area contributed by atoms with Crippen LogP contribution in [0.3, 0.4) is 0 Å². The maximum atomic E-state index is 17.5. The molecule has 19 unspecified atom stereocenters. The van der Waals surface area contributed by atoms with Crippen molar-refractivity contribution in [1.82, 2.24) is 9.80 Å². The predicted molar refractivity (Wildman–Crippen MR) is 324 cm³/mol. The number of aliphatic hydroxyl groups excluding tert-OH is 1. The van der Waals surface area contributed by atoms with Gasteiger partial charge in [0.1, 0.15) is 11.2 Å². The van der Waals surface area contributed by atoms with Gasteiger partial charge in [-0.1, -0.05) is 114 Å². The van der Waals surface area contributed by atoms with Crippen molar-refractivity contribution in [3.05, 3.63) is 80.0 Å². The lowest BCUT2D eigenvalue weighted by atomic mass is 9.25. The van der Waals surface area contributed by atoms with Crippen molar-refractivity contribution in [3.8, 4) is 11.8 Å². The minimum absolute atomic E-state index is 0.0878. The number of esters is 2. The van der Waals surface area contributed by atoms with Crippen molar-refractivity contribution in [2.45, 2.75) is 204 Å². The summed E-state index contributed by atoms with van der Waals surface area (Å²) in [6.45, 7) is 5.47. The van der Waals surface area contributed by atoms with Crippen LogP contribution in [0.15, 0.2) is 57.7 Å². The second-order valence-electron chi connectivity index (χ2n) is 32.5. The fraction of sp³-hybridized carbons (Fsp3) is 0.753. The van der Waals surface area contributed by atoms with E-state index in [9.17, 15) is 5.11 Å². The molecule has 3 N–H and O–H groups in total. The number of fused-ring (bicyclic) bond motifs is 14. The van der Waals surface area contributed by atoms with Gasteiger partial charge in [0.2, 0.25) is 0 Å². The first-order valence-corrected chi connectivity index (χ1v) is 37.2. The molecule has 19 atom stereocenters. The first-order chi connectivity index (χ1) is 40.6. The highest BCUT2D eigenvalue weighted by molar-refractivity contribution is 8.76. The van der Waals surface area contributed by atoms with E-state index in [1.165, 1.54) is 133 Å². The number of aliphatic hydroxyl groups is 1. The second-order valence-corrected chi connectivity index (χ2v) is 35.1. The van der Waals surface area contributed by atoms with Crippen LogP contribution >= 0.6 is 21.6 Å². The standard InChI is InChI=1S/C73H89N3O5S2/c1-39-26-43-17-18-54-46-27-47-36-75(54)63(43)61-51-19-24-71-65-64(77)58-42(29-55(47)76(35-46)62(58)48-31-68(20-4-5-21-68)69(32-48)22-6-7-23-69)12-8-11-41-16-15-40(13-9-25-74)57-59(41)73(71,81-66(57)78)56-30-45-28-52-49(38-83-82-37-44-10-2-3-14-50(44)45)33-70(39,61)34-53(52)60(51)72(56,71)67(79)80-65/h15-16,28,39,42,44-50,53-56,58,61-62,77H,2-7,9-11,13-14,17-27,29-38,74H2,1H3. The average Bonchev–Trinajstić information content (AvgIpc) is 1.56. The molecule has 6 bridgehead atoms. The molecule has 6 spiro atoms. The highest BCUT2D eigenvalue weighted by Gasteiger charge is 2.95. The second kappa shape index (κ2) is 17.2. The van der Waals surface area contributed by atoms with Gasteiger partial charge in [0, 0.05) is 90.0 Å². The lowest BCUT2D eigenvalue weighted by Crippen LogP contribution is -2.79. The molecule has 0 amide bonds. The van der Waals surface area contributed by atoms with Crippen molar-refractivity contribution in [1.29, 1.82) is 0 Å². The number of benzene rings is 1. The molecule has 10 heteroatoms. The Hall–Kier alpha value is -3.10. The van der Waals surface area contributed by atoms with Crippen LogP contribution in [0.1, 0.15) is 194 Å². The number of nitrogens with zero attached hydrogens (tertiary/aromatic N) is 2. The Kier molecular flexibility index (Phi) is 10.5. The lowest BCUT2D eigenvalue weighted by molar-refractivity contribution is -0.284. The van der Waals surface area contributed by atoms with E-state index in [2.05, 4.69) is 68.4 Å². The lowest BCUT2D eigenvalue weighted by Gasteiger charge is -2.75. The number of aryl methyl sites for hydroxylation is 1. The number of rotatable bonds is 4. The summed E-state index contributed by atoms with van der Waals surface area (Å²) in [5, 5.41) is 15.0. The minimum Gasteiger partial charge on any atom is -0.508 e. The van der Waals surface area contributed by atoms with E-state index < -0.39 is 16.4 Å². The molecular formula is C73H89N3O5S2. The van der Waals surface area contributed by atoms with Crippen molar-refractivity contribution in [3.63, 3.8) is 0 Å². The molecule has 10 fully saturated rings. The third kappa shape index (κ3) is 5.83. The van der Waals surface area contributed by atoms with Crippen molar-refractivity contribution < 1.29 is 24.2 Å². The molecular weight excluding hydrogens is 1060 g/mol. The maximum Gasteiger partial charge on any atom is 0.339 e. The van der Waals surface area contributed by atoms with E-state index in [-0.39, 0.29) is 58.9 Å². The summed E-state index contributed by atoms with van der Waals surface area (Å²) in [5.41, 5.74) is 15.9. The van der Waals surface area contributed by atoms with Crippen molar-refractivity contribution in [2.75, 3.05) is 31.1 Å². The largest absolute Gasteiger partial charge is 0.508 e.